The van der Waals surface area contributed by atoms with Gasteiger partial charge in [0.25, 0.3) is 0 Å². The first kappa shape index (κ1) is 15.7. The third kappa shape index (κ3) is 3.89. The van der Waals surface area contributed by atoms with E-state index in [4.69, 9.17) is 5.11 Å². The summed E-state index contributed by atoms with van der Waals surface area (Å²) in [7, 11) is 1.87. The maximum absolute atomic E-state index is 14.1. The minimum absolute atomic E-state index is 0.290. The zero-order valence-electron chi connectivity index (χ0n) is 11.5. The van der Waals surface area contributed by atoms with Gasteiger partial charge in [-0.05, 0) is 24.7 Å². The number of carboxylic acid groups (broad SMARTS) is 1. The van der Waals surface area contributed by atoms with Gasteiger partial charge in [-0.3, -0.25) is 4.90 Å². The van der Waals surface area contributed by atoms with E-state index in [1.54, 1.807) is 12.1 Å². The molecule has 3 nitrogen and oxygen atoms in total. The van der Waals surface area contributed by atoms with Crippen LogP contribution in [-0.4, -0.2) is 23.0 Å². The Morgan fingerprint density at radius 1 is 1.14 bits per heavy atom. The highest BCUT2D eigenvalue weighted by Crippen LogP contribution is 2.19. The van der Waals surface area contributed by atoms with Crippen LogP contribution in [0, 0.1) is 5.82 Å². The Balaban J connectivity index is 2.13. The molecule has 0 unspecified atom stereocenters. The van der Waals surface area contributed by atoms with Gasteiger partial charge in [0.15, 0.2) is 0 Å². The van der Waals surface area contributed by atoms with E-state index in [0.29, 0.717) is 18.7 Å². The van der Waals surface area contributed by atoms with Crippen LogP contribution < -0.4 is 0 Å². The molecule has 110 valence electrons. The molecule has 0 heterocycles. The fraction of sp³-hybridized carbons (Fsp3) is 0.188. The summed E-state index contributed by atoms with van der Waals surface area (Å²) in [5.74, 6) is -1.91. The van der Waals surface area contributed by atoms with Crippen molar-refractivity contribution in [2.75, 3.05) is 7.05 Å². The molecule has 0 saturated carbocycles. The van der Waals surface area contributed by atoms with Crippen LogP contribution >= 0.6 is 15.9 Å². The van der Waals surface area contributed by atoms with Crippen LogP contribution in [0.25, 0.3) is 0 Å². The summed E-state index contributed by atoms with van der Waals surface area (Å²) in [6.45, 7) is 0.979. The second kappa shape index (κ2) is 6.83. The second-order valence-electron chi connectivity index (χ2n) is 4.85. The summed E-state index contributed by atoms with van der Waals surface area (Å²) in [5, 5.41) is 8.94. The van der Waals surface area contributed by atoms with Gasteiger partial charge in [-0.15, -0.1) is 0 Å². The third-order valence-corrected chi connectivity index (χ3v) is 3.92. The molecule has 2 aromatic rings. The monoisotopic (exact) mass is 351 g/mol. The van der Waals surface area contributed by atoms with E-state index in [0.717, 1.165) is 10.0 Å². The summed E-state index contributed by atoms with van der Waals surface area (Å²) in [6.07, 6.45) is 0. The molecule has 0 aliphatic heterocycles. The number of carbonyl (C=O) groups is 1. The van der Waals surface area contributed by atoms with Crippen LogP contribution in [0.1, 0.15) is 21.5 Å². The Bertz CT molecular complexity index is 660. The number of halogens is 2. The maximum Gasteiger partial charge on any atom is 0.338 e. The molecule has 0 radical (unpaired) electrons. The van der Waals surface area contributed by atoms with Gasteiger partial charge < -0.3 is 5.11 Å². The van der Waals surface area contributed by atoms with Crippen LogP contribution in [0.3, 0.4) is 0 Å². The fourth-order valence-electron chi connectivity index (χ4n) is 2.13. The average molecular weight is 352 g/mol. The highest BCUT2D eigenvalue weighted by molar-refractivity contribution is 9.10. The predicted molar refractivity (Wildman–Crippen MR) is 82.7 cm³/mol. The van der Waals surface area contributed by atoms with E-state index >= 15 is 0 Å². The van der Waals surface area contributed by atoms with E-state index in [1.807, 2.05) is 36.2 Å². The van der Waals surface area contributed by atoms with Crippen LogP contribution in [0.2, 0.25) is 0 Å². The smallest absolute Gasteiger partial charge is 0.338 e. The zero-order valence-corrected chi connectivity index (χ0v) is 13.1. The number of nitrogens with zero attached hydrogens (tertiary/aromatic N) is 1. The first-order valence-corrected chi connectivity index (χ1v) is 7.21. The molecule has 0 bridgehead atoms. The van der Waals surface area contributed by atoms with E-state index < -0.39 is 11.8 Å². The first-order chi connectivity index (χ1) is 9.99. The van der Waals surface area contributed by atoms with Crippen molar-refractivity contribution in [1.29, 1.82) is 0 Å². The Hall–Kier alpha value is -1.72. The van der Waals surface area contributed by atoms with E-state index in [-0.39, 0.29) is 5.56 Å². The first-order valence-electron chi connectivity index (χ1n) is 6.41. The summed E-state index contributed by atoms with van der Waals surface area (Å²) in [6, 6.07) is 12.3. The van der Waals surface area contributed by atoms with Gasteiger partial charge in [-0.2, -0.15) is 0 Å². The van der Waals surface area contributed by atoms with Gasteiger partial charge in [-0.1, -0.05) is 46.3 Å². The fourth-order valence-corrected chi connectivity index (χ4v) is 2.54. The largest absolute Gasteiger partial charge is 0.478 e. The average Bonchev–Trinajstić information content (AvgIpc) is 2.43. The van der Waals surface area contributed by atoms with Crippen molar-refractivity contribution in [3.05, 3.63) is 69.4 Å². The van der Waals surface area contributed by atoms with Crippen LogP contribution in [0.5, 0.6) is 0 Å². The highest BCUT2D eigenvalue weighted by Gasteiger charge is 2.15. The molecular formula is C16H15BrFNO2. The molecule has 2 aromatic carbocycles. The number of hydrogen-bond donors (Lipinski definition) is 1. The molecule has 2 rings (SSSR count). The van der Waals surface area contributed by atoms with Crippen molar-refractivity contribution in [2.24, 2.45) is 0 Å². The minimum Gasteiger partial charge on any atom is -0.478 e. The molecule has 0 aliphatic carbocycles. The van der Waals surface area contributed by atoms with Gasteiger partial charge in [-0.25, -0.2) is 9.18 Å². The van der Waals surface area contributed by atoms with Crippen LogP contribution in [0.4, 0.5) is 4.39 Å². The third-order valence-electron chi connectivity index (χ3n) is 3.15. The molecule has 21 heavy (non-hydrogen) atoms. The molecule has 0 aliphatic rings. The lowest BCUT2D eigenvalue weighted by molar-refractivity contribution is 0.0691. The van der Waals surface area contributed by atoms with Crippen LogP contribution in [0.15, 0.2) is 46.9 Å². The number of hydrogen-bond acceptors (Lipinski definition) is 2. The Morgan fingerprint density at radius 3 is 2.43 bits per heavy atom. The van der Waals surface area contributed by atoms with Crippen LogP contribution in [-0.2, 0) is 13.1 Å². The number of rotatable bonds is 5. The molecule has 0 aromatic heterocycles. The molecule has 0 saturated heterocycles. The van der Waals surface area contributed by atoms with Gasteiger partial charge in [0.1, 0.15) is 5.82 Å². The molecule has 5 heteroatoms. The molecule has 0 fully saturated rings. The van der Waals surface area contributed by atoms with Crippen molar-refractivity contribution in [3.8, 4) is 0 Å². The molecule has 0 atom stereocenters. The molecule has 0 amide bonds. The molecule has 1 N–H and O–H groups in total. The topological polar surface area (TPSA) is 40.5 Å². The maximum atomic E-state index is 14.1. The molecule has 0 spiro atoms. The van der Waals surface area contributed by atoms with Gasteiger partial charge in [0.05, 0.1) is 5.56 Å². The summed E-state index contributed by atoms with van der Waals surface area (Å²) < 4.78 is 15.1. The lowest BCUT2D eigenvalue weighted by atomic mass is 10.1. The highest BCUT2D eigenvalue weighted by atomic mass is 79.9. The van der Waals surface area contributed by atoms with Gasteiger partial charge in [0.2, 0.25) is 0 Å². The standard InChI is InChI=1S/C16H15BrFNO2/c1-19(9-11-5-2-3-8-14(11)17)10-12-6-4-7-13(15(12)18)16(20)21/h2-8H,9-10H2,1H3,(H,20,21). The summed E-state index contributed by atoms with van der Waals surface area (Å²) >= 11 is 3.48. The normalized spacial score (nSPS) is 10.9. The van der Waals surface area contributed by atoms with Gasteiger partial charge in [0, 0.05) is 23.1 Å². The van der Waals surface area contributed by atoms with Crippen molar-refractivity contribution in [1.82, 2.24) is 4.90 Å². The van der Waals surface area contributed by atoms with E-state index in [1.165, 1.54) is 6.07 Å². The lowest BCUT2D eigenvalue weighted by Gasteiger charge is -2.18. The quantitative estimate of drug-likeness (QED) is 0.887. The van der Waals surface area contributed by atoms with Gasteiger partial charge >= 0.3 is 5.97 Å². The number of carboxylic acids is 1. The van der Waals surface area contributed by atoms with Crippen molar-refractivity contribution < 1.29 is 14.3 Å². The Morgan fingerprint density at radius 2 is 1.76 bits per heavy atom. The number of benzene rings is 2. The molecular weight excluding hydrogens is 337 g/mol. The van der Waals surface area contributed by atoms with Crippen molar-refractivity contribution in [3.63, 3.8) is 0 Å². The van der Waals surface area contributed by atoms with Crippen molar-refractivity contribution >= 4 is 21.9 Å². The van der Waals surface area contributed by atoms with E-state index in [9.17, 15) is 9.18 Å². The Labute approximate surface area is 131 Å². The summed E-state index contributed by atoms with van der Waals surface area (Å²) in [4.78, 5) is 12.9. The minimum atomic E-state index is -1.25. The summed E-state index contributed by atoms with van der Waals surface area (Å²) in [5.41, 5.74) is 1.18. The van der Waals surface area contributed by atoms with Crippen molar-refractivity contribution in [2.45, 2.75) is 13.1 Å². The zero-order chi connectivity index (χ0) is 15.4. The predicted octanol–water partition coefficient (Wildman–Crippen LogP) is 3.92. The number of aromatic carboxylic acids is 1. The second-order valence-corrected chi connectivity index (χ2v) is 5.70. The van der Waals surface area contributed by atoms with E-state index in [2.05, 4.69) is 15.9 Å². The lowest BCUT2D eigenvalue weighted by Crippen LogP contribution is -2.19. The SMILES string of the molecule is CN(Cc1ccccc1Br)Cc1cccc(C(=O)O)c1F. The Kier molecular flexibility index (Phi) is 5.09.